The summed E-state index contributed by atoms with van der Waals surface area (Å²) in [6.07, 6.45) is 4.57. The maximum atomic E-state index is 10.2. The molecule has 74 valence electrons. The van der Waals surface area contributed by atoms with Gasteiger partial charge < -0.3 is 4.79 Å². The highest BCUT2D eigenvalue weighted by atomic mass is 16.1. The summed E-state index contributed by atoms with van der Waals surface area (Å²) in [5, 5.41) is 0. The molecule has 14 heavy (non-hydrogen) atoms. The third kappa shape index (κ3) is 3.56. The van der Waals surface area contributed by atoms with Gasteiger partial charge in [-0.25, -0.2) is 0 Å². The Morgan fingerprint density at radius 2 is 1.93 bits per heavy atom. The first-order chi connectivity index (χ1) is 6.72. The topological polar surface area (TPSA) is 17.1 Å². The van der Waals surface area contributed by atoms with E-state index >= 15 is 0 Å². The lowest BCUT2D eigenvalue weighted by molar-refractivity contribution is -0.107. The van der Waals surface area contributed by atoms with Crippen LogP contribution in [0.2, 0.25) is 0 Å². The van der Waals surface area contributed by atoms with Crippen LogP contribution in [0.5, 0.6) is 0 Å². The zero-order chi connectivity index (χ0) is 10.4. The third-order valence-electron chi connectivity index (χ3n) is 2.15. The van der Waals surface area contributed by atoms with Crippen LogP contribution in [0.15, 0.2) is 29.8 Å². The Labute approximate surface area is 85.5 Å². The van der Waals surface area contributed by atoms with Gasteiger partial charge in [0.25, 0.3) is 0 Å². The van der Waals surface area contributed by atoms with Crippen molar-refractivity contribution in [3.63, 3.8) is 0 Å². The molecule has 0 bridgehead atoms. The van der Waals surface area contributed by atoms with Crippen LogP contribution < -0.4 is 0 Å². The molecule has 1 nitrogen and oxygen atoms in total. The van der Waals surface area contributed by atoms with E-state index in [1.807, 2.05) is 0 Å². The number of aldehydes is 1. The SMILES string of the molecule is CC(=Cc1ccc(C)cc1)CCC=O. The molecule has 0 saturated carbocycles. The first kappa shape index (κ1) is 10.7. The lowest BCUT2D eigenvalue weighted by Crippen LogP contribution is -1.80. The third-order valence-corrected chi connectivity index (χ3v) is 2.15. The summed E-state index contributed by atoms with van der Waals surface area (Å²) in [5.74, 6) is 0. The Bertz CT molecular complexity index is 320. The minimum Gasteiger partial charge on any atom is -0.303 e. The van der Waals surface area contributed by atoms with Gasteiger partial charge >= 0.3 is 0 Å². The van der Waals surface area contributed by atoms with Crippen molar-refractivity contribution >= 4 is 12.4 Å². The first-order valence-electron chi connectivity index (χ1n) is 4.90. The predicted molar refractivity (Wildman–Crippen MR) is 60.1 cm³/mol. The van der Waals surface area contributed by atoms with Crippen molar-refractivity contribution in [3.8, 4) is 0 Å². The summed E-state index contributed by atoms with van der Waals surface area (Å²) in [6.45, 7) is 4.14. The summed E-state index contributed by atoms with van der Waals surface area (Å²) < 4.78 is 0. The molecule has 1 heteroatoms. The molecule has 0 aromatic heterocycles. The minimum absolute atomic E-state index is 0.619. The molecule has 1 aromatic carbocycles. The van der Waals surface area contributed by atoms with Gasteiger partial charge in [0.1, 0.15) is 6.29 Å². The molecule has 0 N–H and O–H groups in total. The molecule has 0 atom stereocenters. The molecular weight excluding hydrogens is 172 g/mol. The Morgan fingerprint density at radius 1 is 1.29 bits per heavy atom. The summed E-state index contributed by atoms with van der Waals surface area (Å²) in [5.41, 5.74) is 3.73. The van der Waals surface area contributed by atoms with Gasteiger partial charge in [0.05, 0.1) is 0 Å². The number of benzene rings is 1. The van der Waals surface area contributed by atoms with Gasteiger partial charge in [-0.3, -0.25) is 0 Å². The molecule has 0 saturated heterocycles. The van der Waals surface area contributed by atoms with E-state index < -0.39 is 0 Å². The second-order valence-corrected chi connectivity index (χ2v) is 3.61. The Balaban J connectivity index is 2.66. The van der Waals surface area contributed by atoms with Gasteiger partial charge in [-0.05, 0) is 25.8 Å². The molecule has 0 unspecified atom stereocenters. The Kier molecular flexibility index (Phi) is 4.11. The number of allylic oxidation sites excluding steroid dienone is 1. The smallest absolute Gasteiger partial charge is 0.120 e. The molecule has 1 rings (SSSR count). The molecule has 0 radical (unpaired) electrons. The fraction of sp³-hybridized carbons (Fsp3) is 0.308. The molecule has 0 heterocycles. The predicted octanol–water partition coefficient (Wildman–Crippen LogP) is 3.38. The Hall–Kier alpha value is -1.37. The molecule has 0 fully saturated rings. The summed E-state index contributed by atoms with van der Waals surface area (Å²) in [7, 11) is 0. The maximum Gasteiger partial charge on any atom is 0.120 e. The number of carbonyl (C=O) groups is 1. The average molecular weight is 188 g/mol. The van der Waals surface area contributed by atoms with E-state index in [9.17, 15) is 4.79 Å². The van der Waals surface area contributed by atoms with Crippen LogP contribution in [0, 0.1) is 6.92 Å². The van der Waals surface area contributed by atoms with E-state index in [1.165, 1.54) is 16.7 Å². The van der Waals surface area contributed by atoms with Crippen molar-refractivity contribution in [2.24, 2.45) is 0 Å². The van der Waals surface area contributed by atoms with Crippen LogP contribution in [-0.2, 0) is 4.79 Å². The molecule has 0 spiro atoms. The minimum atomic E-state index is 0.619. The van der Waals surface area contributed by atoms with Gasteiger partial charge in [-0.2, -0.15) is 0 Å². The van der Waals surface area contributed by atoms with Crippen molar-refractivity contribution in [2.45, 2.75) is 26.7 Å². The fourth-order valence-corrected chi connectivity index (χ4v) is 1.31. The quantitative estimate of drug-likeness (QED) is 0.662. The number of rotatable bonds is 4. The van der Waals surface area contributed by atoms with E-state index in [0.717, 1.165) is 12.7 Å². The highest BCUT2D eigenvalue weighted by Gasteiger charge is 1.91. The van der Waals surface area contributed by atoms with Crippen LogP contribution in [0.4, 0.5) is 0 Å². The molecule has 0 aliphatic carbocycles. The molecular formula is C13H16O. The van der Waals surface area contributed by atoms with Gasteiger partial charge in [-0.1, -0.05) is 41.5 Å². The van der Waals surface area contributed by atoms with Crippen LogP contribution in [0.1, 0.15) is 30.9 Å². The van der Waals surface area contributed by atoms with Gasteiger partial charge in [0.15, 0.2) is 0 Å². The van der Waals surface area contributed by atoms with E-state index in [2.05, 4.69) is 44.2 Å². The summed E-state index contributed by atoms with van der Waals surface area (Å²) in [6, 6.07) is 8.39. The zero-order valence-corrected chi connectivity index (χ0v) is 8.79. The molecule has 0 aliphatic heterocycles. The summed E-state index contributed by atoms with van der Waals surface area (Å²) >= 11 is 0. The number of hydrogen-bond acceptors (Lipinski definition) is 1. The van der Waals surface area contributed by atoms with Crippen LogP contribution in [-0.4, -0.2) is 6.29 Å². The van der Waals surface area contributed by atoms with Gasteiger partial charge in [0, 0.05) is 6.42 Å². The lowest BCUT2D eigenvalue weighted by atomic mass is 10.1. The van der Waals surface area contributed by atoms with Crippen molar-refractivity contribution < 1.29 is 4.79 Å². The highest BCUT2D eigenvalue weighted by molar-refractivity contribution is 5.55. The van der Waals surface area contributed by atoms with Crippen molar-refractivity contribution in [3.05, 3.63) is 41.0 Å². The van der Waals surface area contributed by atoms with Crippen LogP contribution in [0.25, 0.3) is 6.08 Å². The lowest BCUT2D eigenvalue weighted by Gasteiger charge is -1.99. The first-order valence-corrected chi connectivity index (χ1v) is 4.90. The Morgan fingerprint density at radius 3 is 2.50 bits per heavy atom. The second kappa shape index (κ2) is 5.38. The normalized spacial score (nSPS) is 11.4. The molecule has 0 amide bonds. The van der Waals surface area contributed by atoms with E-state index in [0.29, 0.717) is 6.42 Å². The van der Waals surface area contributed by atoms with Crippen LogP contribution in [0.3, 0.4) is 0 Å². The number of carbonyl (C=O) groups excluding carboxylic acids is 1. The standard InChI is InChI=1S/C13H16O/c1-11-5-7-13(8-6-11)10-12(2)4-3-9-14/h5-10H,3-4H2,1-2H3. The number of aryl methyl sites for hydroxylation is 1. The monoisotopic (exact) mass is 188 g/mol. The van der Waals surface area contributed by atoms with Gasteiger partial charge in [0.2, 0.25) is 0 Å². The highest BCUT2D eigenvalue weighted by Crippen LogP contribution is 2.11. The second-order valence-electron chi connectivity index (χ2n) is 3.61. The summed E-state index contributed by atoms with van der Waals surface area (Å²) in [4.78, 5) is 10.2. The maximum absolute atomic E-state index is 10.2. The largest absolute Gasteiger partial charge is 0.303 e. The van der Waals surface area contributed by atoms with Crippen molar-refractivity contribution in [1.29, 1.82) is 0 Å². The van der Waals surface area contributed by atoms with Crippen LogP contribution >= 0.6 is 0 Å². The zero-order valence-electron chi connectivity index (χ0n) is 8.79. The number of hydrogen-bond donors (Lipinski definition) is 0. The van der Waals surface area contributed by atoms with Gasteiger partial charge in [-0.15, -0.1) is 0 Å². The average Bonchev–Trinajstić information content (AvgIpc) is 2.18. The molecule has 0 aliphatic rings. The van der Waals surface area contributed by atoms with Crippen molar-refractivity contribution in [2.75, 3.05) is 0 Å². The van der Waals surface area contributed by atoms with E-state index in [-0.39, 0.29) is 0 Å². The van der Waals surface area contributed by atoms with Crippen molar-refractivity contribution in [1.82, 2.24) is 0 Å². The fourth-order valence-electron chi connectivity index (χ4n) is 1.31. The van der Waals surface area contributed by atoms with E-state index in [1.54, 1.807) is 0 Å². The van der Waals surface area contributed by atoms with E-state index in [4.69, 9.17) is 0 Å². The molecule has 1 aromatic rings.